The van der Waals surface area contributed by atoms with Crippen LogP contribution in [0.15, 0.2) is 82.8 Å². The molecule has 1 saturated heterocycles. The van der Waals surface area contributed by atoms with Crippen LogP contribution in [0.3, 0.4) is 0 Å². The fourth-order valence-corrected chi connectivity index (χ4v) is 4.14. The fraction of sp³-hybridized carbons (Fsp3) is 0.0833. The number of ether oxygens (including phenoxy) is 1. The summed E-state index contributed by atoms with van der Waals surface area (Å²) in [4.78, 5) is 27.6. The maximum absolute atomic E-state index is 13.1. The number of halogens is 2. The second-order valence-corrected chi connectivity index (χ2v) is 8.23. The van der Waals surface area contributed by atoms with Gasteiger partial charge in [-0.2, -0.15) is 0 Å². The number of Topliss-reactive ketones (excluding diaryl/α,β-unsaturated/α-hetero) is 1. The molecule has 1 fully saturated rings. The molecule has 7 heteroatoms. The van der Waals surface area contributed by atoms with Gasteiger partial charge in [-0.15, -0.1) is 0 Å². The van der Waals surface area contributed by atoms with Crippen molar-refractivity contribution in [2.75, 3.05) is 12.0 Å². The number of amides is 1. The molecule has 1 heterocycles. The Kier molecular flexibility index (Phi) is 5.85. The molecule has 156 valence electrons. The number of carbonyl (C=O) groups is 2. The Morgan fingerprint density at radius 3 is 2.32 bits per heavy atom. The summed E-state index contributed by atoms with van der Waals surface area (Å²) in [5.41, 5.74) is 1.57. The Bertz CT molecular complexity index is 1190. The Hall–Kier alpha value is -3.09. The molecule has 3 aromatic rings. The highest BCUT2D eigenvalue weighted by Gasteiger charge is 2.46. The summed E-state index contributed by atoms with van der Waals surface area (Å²) in [6, 6.07) is 20.1. The summed E-state index contributed by atoms with van der Waals surface area (Å²) >= 11 is 9.60. The number of methoxy groups -OCH3 is 1. The van der Waals surface area contributed by atoms with E-state index in [9.17, 15) is 14.7 Å². The van der Waals surface area contributed by atoms with Crippen LogP contribution in [0, 0.1) is 0 Å². The van der Waals surface area contributed by atoms with Crippen LogP contribution in [0.2, 0.25) is 5.02 Å². The molecule has 0 bridgehead atoms. The maximum atomic E-state index is 13.1. The minimum atomic E-state index is -0.789. The molecule has 0 spiro atoms. The minimum absolute atomic E-state index is 0.000326. The van der Waals surface area contributed by atoms with Crippen LogP contribution in [0.1, 0.15) is 17.2 Å². The predicted molar refractivity (Wildman–Crippen MR) is 123 cm³/mol. The predicted octanol–water partition coefficient (Wildman–Crippen LogP) is 5.74. The first kappa shape index (κ1) is 21.2. The molecular formula is C24H17BrClNO4. The van der Waals surface area contributed by atoms with Gasteiger partial charge in [0, 0.05) is 15.7 Å². The monoisotopic (exact) mass is 497 g/mol. The molecule has 1 aliphatic heterocycles. The summed E-state index contributed by atoms with van der Waals surface area (Å²) in [6.45, 7) is 0. The van der Waals surface area contributed by atoms with E-state index in [1.165, 1.54) is 18.1 Å². The highest BCUT2D eigenvalue weighted by atomic mass is 79.9. The van der Waals surface area contributed by atoms with Crippen LogP contribution in [-0.2, 0) is 9.59 Å². The first-order chi connectivity index (χ1) is 14.9. The van der Waals surface area contributed by atoms with Crippen molar-refractivity contribution in [2.45, 2.75) is 6.04 Å². The second-order valence-electron chi connectivity index (χ2n) is 6.91. The second kappa shape index (κ2) is 8.57. The number of nitrogens with zero attached hydrogens (tertiary/aromatic N) is 1. The zero-order valence-electron chi connectivity index (χ0n) is 16.4. The van der Waals surface area contributed by atoms with E-state index < -0.39 is 17.7 Å². The highest BCUT2D eigenvalue weighted by molar-refractivity contribution is 9.10. The molecule has 1 aliphatic rings. The van der Waals surface area contributed by atoms with E-state index in [0.29, 0.717) is 22.6 Å². The zero-order valence-corrected chi connectivity index (χ0v) is 18.7. The fourth-order valence-electron chi connectivity index (χ4n) is 3.62. The van der Waals surface area contributed by atoms with Crippen molar-refractivity contribution in [1.29, 1.82) is 0 Å². The van der Waals surface area contributed by atoms with Crippen molar-refractivity contribution in [1.82, 2.24) is 0 Å². The number of anilines is 1. The van der Waals surface area contributed by atoms with Gasteiger partial charge in [-0.3, -0.25) is 14.5 Å². The van der Waals surface area contributed by atoms with E-state index in [0.717, 1.165) is 4.47 Å². The van der Waals surface area contributed by atoms with E-state index >= 15 is 0 Å². The normalized spacial score (nSPS) is 17.8. The van der Waals surface area contributed by atoms with Crippen LogP contribution < -0.4 is 9.64 Å². The van der Waals surface area contributed by atoms with E-state index in [4.69, 9.17) is 16.3 Å². The smallest absolute Gasteiger partial charge is 0.300 e. The average Bonchev–Trinajstić information content (AvgIpc) is 3.05. The lowest BCUT2D eigenvalue weighted by molar-refractivity contribution is -0.132. The maximum Gasteiger partial charge on any atom is 0.300 e. The Morgan fingerprint density at radius 2 is 1.71 bits per heavy atom. The molecule has 1 amide bonds. The van der Waals surface area contributed by atoms with Gasteiger partial charge in [0.05, 0.1) is 23.7 Å². The van der Waals surface area contributed by atoms with E-state index in [1.54, 1.807) is 36.4 Å². The Morgan fingerprint density at radius 1 is 1.03 bits per heavy atom. The van der Waals surface area contributed by atoms with Gasteiger partial charge in [0.2, 0.25) is 0 Å². The topological polar surface area (TPSA) is 66.8 Å². The van der Waals surface area contributed by atoms with E-state index in [-0.39, 0.29) is 16.4 Å². The van der Waals surface area contributed by atoms with Crippen molar-refractivity contribution in [3.05, 3.63) is 99.0 Å². The quantitative estimate of drug-likeness (QED) is 0.283. The van der Waals surface area contributed by atoms with Crippen molar-refractivity contribution in [3.63, 3.8) is 0 Å². The summed E-state index contributed by atoms with van der Waals surface area (Å²) in [5.74, 6) is -1.33. The van der Waals surface area contributed by atoms with Gasteiger partial charge in [0.1, 0.15) is 11.5 Å². The SMILES string of the molecule is COc1ccc(/C(O)=C2/C(=O)C(=O)N(c3ccc(Br)cc3)C2c2ccccc2)cc1Cl. The van der Waals surface area contributed by atoms with Crippen LogP contribution in [-0.4, -0.2) is 23.9 Å². The zero-order chi connectivity index (χ0) is 22.1. The van der Waals surface area contributed by atoms with Crippen LogP contribution in [0.4, 0.5) is 5.69 Å². The first-order valence-corrected chi connectivity index (χ1v) is 10.5. The molecule has 0 saturated carbocycles. The summed E-state index contributed by atoms with van der Waals surface area (Å²) in [6.07, 6.45) is 0. The van der Waals surface area contributed by atoms with Gasteiger partial charge in [-0.1, -0.05) is 57.9 Å². The molecule has 1 N–H and O–H groups in total. The van der Waals surface area contributed by atoms with Gasteiger partial charge in [0.15, 0.2) is 0 Å². The number of benzene rings is 3. The lowest BCUT2D eigenvalue weighted by Gasteiger charge is -2.25. The largest absolute Gasteiger partial charge is 0.507 e. The summed E-state index contributed by atoms with van der Waals surface area (Å²) in [5, 5.41) is 11.4. The summed E-state index contributed by atoms with van der Waals surface area (Å²) in [7, 11) is 1.49. The van der Waals surface area contributed by atoms with Crippen molar-refractivity contribution < 1.29 is 19.4 Å². The number of rotatable bonds is 4. The molecule has 5 nitrogen and oxygen atoms in total. The Labute approximate surface area is 192 Å². The molecular weight excluding hydrogens is 482 g/mol. The van der Waals surface area contributed by atoms with Gasteiger partial charge in [0.25, 0.3) is 11.7 Å². The summed E-state index contributed by atoms with van der Waals surface area (Å²) < 4.78 is 6.00. The minimum Gasteiger partial charge on any atom is -0.507 e. The third-order valence-electron chi connectivity index (χ3n) is 5.09. The van der Waals surface area contributed by atoms with Crippen LogP contribution in [0.5, 0.6) is 5.75 Å². The number of ketones is 1. The third kappa shape index (κ3) is 3.84. The van der Waals surface area contributed by atoms with E-state index in [2.05, 4.69) is 15.9 Å². The van der Waals surface area contributed by atoms with Crippen molar-refractivity contribution in [3.8, 4) is 5.75 Å². The molecule has 1 unspecified atom stereocenters. The van der Waals surface area contributed by atoms with Crippen LogP contribution >= 0.6 is 27.5 Å². The number of hydrogen-bond acceptors (Lipinski definition) is 4. The van der Waals surface area contributed by atoms with Gasteiger partial charge < -0.3 is 9.84 Å². The number of hydrogen-bond donors (Lipinski definition) is 1. The van der Waals surface area contributed by atoms with Crippen LogP contribution in [0.25, 0.3) is 5.76 Å². The van der Waals surface area contributed by atoms with E-state index in [1.807, 2.05) is 30.3 Å². The highest BCUT2D eigenvalue weighted by Crippen LogP contribution is 2.42. The number of carbonyl (C=O) groups excluding carboxylic acids is 2. The first-order valence-electron chi connectivity index (χ1n) is 9.38. The number of aliphatic hydroxyl groups is 1. The van der Waals surface area contributed by atoms with Crippen molar-refractivity contribution >= 4 is 50.7 Å². The molecule has 4 rings (SSSR count). The lowest BCUT2D eigenvalue weighted by Crippen LogP contribution is -2.29. The number of aliphatic hydroxyl groups excluding tert-OH is 1. The Balaban J connectivity index is 1.92. The molecule has 0 aromatic heterocycles. The molecule has 1 atom stereocenters. The average molecular weight is 499 g/mol. The molecule has 0 aliphatic carbocycles. The van der Waals surface area contributed by atoms with Crippen molar-refractivity contribution in [2.24, 2.45) is 0 Å². The standard InChI is InChI=1S/C24H17BrClNO4/c1-31-19-12-7-15(13-18(19)26)22(28)20-21(14-5-3-2-4-6-14)27(24(30)23(20)29)17-10-8-16(25)9-11-17/h2-13,21,28H,1H3/b22-20-. The van der Waals surface area contributed by atoms with Gasteiger partial charge >= 0.3 is 0 Å². The molecule has 3 aromatic carbocycles. The molecule has 31 heavy (non-hydrogen) atoms. The lowest BCUT2D eigenvalue weighted by atomic mass is 9.95. The third-order valence-corrected chi connectivity index (χ3v) is 5.91. The molecule has 0 radical (unpaired) electrons. The van der Waals surface area contributed by atoms with Gasteiger partial charge in [-0.05, 0) is 48.0 Å². The van der Waals surface area contributed by atoms with Gasteiger partial charge in [-0.25, -0.2) is 0 Å².